The fourth-order valence-corrected chi connectivity index (χ4v) is 0.618. The number of hydrogen-bond donors (Lipinski definition) is 0. The van der Waals surface area contributed by atoms with Crippen molar-refractivity contribution in [2.24, 2.45) is 0 Å². The van der Waals surface area contributed by atoms with Crippen molar-refractivity contribution in [2.75, 3.05) is 0 Å². The minimum atomic E-state index is -0.431. The van der Waals surface area contributed by atoms with Crippen LogP contribution in [0.2, 0.25) is 0 Å². The molecule has 0 bridgehead atoms. The lowest BCUT2D eigenvalue weighted by Gasteiger charge is -1.89. The summed E-state index contributed by atoms with van der Waals surface area (Å²) in [4.78, 5) is 9.67. The van der Waals surface area contributed by atoms with Crippen LogP contribution in [0.15, 0.2) is 24.3 Å². The van der Waals surface area contributed by atoms with Gasteiger partial charge in [-0.05, 0) is 12.5 Å². The van der Waals surface area contributed by atoms with Gasteiger partial charge in [0.05, 0.1) is 4.92 Å². The molecule has 3 nitrogen and oxygen atoms in total. The average molecular weight is 173 g/mol. The van der Waals surface area contributed by atoms with Crippen LogP contribution in [-0.2, 0) is 0 Å². The number of nitro groups is 1. The summed E-state index contributed by atoms with van der Waals surface area (Å²) in [6, 6.07) is 6.08. The Hall–Kier alpha value is -1.09. The molecule has 0 saturated carbocycles. The minimum absolute atomic E-state index is 0. The smallest absolute Gasteiger partial charge is 0.258 e. The van der Waals surface area contributed by atoms with E-state index in [9.17, 15) is 10.1 Å². The van der Waals surface area contributed by atoms with Crippen molar-refractivity contribution in [1.82, 2.24) is 0 Å². The second-order valence-corrected chi connectivity index (χ2v) is 1.92. The van der Waals surface area contributed by atoms with Gasteiger partial charge in [0.15, 0.2) is 0 Å². The number of rotatable bonds is 1. The van der Waals surface area contributed by atoms with Gasteiger partial charge in [-0.2, -0.15) is 0 Å². The summed E-state index contributed by atoms with van der Waals surface area (Å²) in [5.41, 5.74) is 0.887. The summed E-state index contributed by atoms with van der Waals surface area (Å²) >= 11 is 0. The van der Waals surface area contributed by atoms with Crippen molar-refractivity contribution < 1.29 is 4.92 Å². The van der Waals surface area contributed by atoms with Crippen molar-refractivity contribution >= 4 is 18.1 Å². The quantitative estimate of drug-likeness (QED) is 0.482. The van der Waals surface area contributed by atoms with Crippen molar-refractivity contribution in [3.05, 3.63) is 46.9 Å². The van der Waals surface area contributed by atoms with Crippen molar-refractivity contribution in [3.8, 4) is 0 Å². The highest BCUT2D eigenvalue weighted by Gasteiger charge is 2.00. The standard InChI is InChI=1S/C7H6NO2.ClH/c1-6-2-4-7(5-3-6)8(9)10;/h2-5H,1H2;1H. The number of halogens is 1. The third-order valence-corrected chi connectivity index (χ3v) is 1.15. The van der Waals surface area contributed by atoms with Gasteiger partial charge in [-0.25, -0.2) is 0 Å². The fourth-order valence-electron chi connectivity index (χ4n) is 0.618. The first-order valence-corrected chi connectivity index (χ1v) is 2.76. The predicted molar refractivity (Wildman–Crippen MR) is 44.8 cm³/mol. The van der Waals surface area contributed by atoms with Gasteiger partial charge in [0.1, 0.15) is 0 Å². The molecule has 1 aromatic rings. The second-order valence-electron chi connectivity index (χ2n) is 1.92. The van der Waals surface area contributed by atoms with Crippen LogP contribution in [0.25, 0.3) is 0 Å². The van der Waals surface area contributed by atoms with Crippen LogP contribution in [0.1, 0.15) is 5.56 Å². The molecule has 0 aliphatic rings. The van der Waals surface area contributed by atoms with E-state index in [1.165, 1.54) is 12.1 Å². The van der Waals surface area contributed by atoms with Gasteiger partial charge in [-0.15, -0.1) is 12.4 Å². The van der Waals surface area contributed by atoms with E-state index >= 15 is 0 Å². The number of nitrogens with zero attached hydrogens (tertiary/aromatic N) is 1. The highest BCUT2D eigenvalue weighted by molar-refractivity contribution is 5.85. The van der Waals surface area contributed by atoms with Crippen LogP contribution in [0.5, 0.6) is 0 Å². The Labute approximate surface area is 70.6 Å². The Kier molecular flexibility index (Phi) is 3.54. The summed E-state index contributed by atoms with van der Waals surface area (Å²) in [7, 11) is 0. The lowest BCUT2D eigenvalue weighted by Crippen LogP contribution is -1.86. The van der Waals surface area contributed by atoms with Gasteiger partial charge in [0.25, 0.3) is 5.69 Å². The van der Waals surface area contributed by atoms with Gasteiger partial charge in [0.2, 0.25) is 0 Å². The van der Waals surface area contributed by atoms with Crippen LogP contribution in [0.3, 0.4) is 0 Å². The first-order valence-electron chi connectivity index (χ1n) is 2.76. The van der Waals surface area contributed by atoms with Crippen LogP contribution in [-0.4, -0.2) is 4.92 Å². The Morgan fingerprint density at radius 1 is 1.27 bits per heavy atom. The Morgan fingerprint density at radius 3 is 2.09 bits per heavy atom. The maximum Gasteiger partial charge on any atom is 0.269 e. The fraction of sp³-hybridized carbons (Fsp3) is 0. The molecule has 0 heterocycles. The van der Waals surface area contributed by atoms with E-state index in [1.54, 1.807) is 12.1 Å². The van der Waals surface area contributed by atoms with Gasteiger partial charge < -0.3 is 0 Å². The SMILES string of the molecule is Cl.[CH2]c1ccc([N+](=O)[O-])cc1. The predicted octanol–water partition coefficient (Wildman–Crippen LogP) is 2.20. The van der Waals surface area contributed by atoms with Crippen molar-refractivity contribution in [3.63, 3.8) is 0 Å². The van der Waals surface area contributed by atoms with Crippen LogP contribution in [0.4, 0.5) is 5.69 Å². The third-order valence-electron chi connectivity index (χ3n) is 1.15. The van der Waals surface area contributed by atoms with Crippen LogP contribution < -0.4 is 0 Å². The molecular formula is C7H7ClNO2. The topological polar surface area (TPSA) is 43.1 Å². The van der Waals surface area contributed by atoms with Crippen LogP contribution >= 0.6 is 12.4 Å². The monoisotopic (exact) mass is 172 g/mol. The van der Waals surface area contributed by atoms with E-state index in [0.717, 1.165) is 5.56 Å². The molecule has 0 atom stereocenters. The second kappa shape index (κ2) is 3.93. The molecule has 0 saturated heterocycles. The Morgan fingerprint density at radius 2 is 1.73 bits per heavy atom. The molecule has 11 heavy (non-hydrogen) atoms. The highest BCUT2D eigenvalue weighted by Crippen LogP contribution is 2.10. The van der Waals surface area contributed by atoms with E-state index in [1.807, 2.05) is 0 Å². The maximum atomic E-state index is 10.1. The zero-order valence-corrected chi connectivity index (χ0v) is 6.50. The normalized spacial score (nSPS) is 8.45. The molecule has 0 N–H and O–H groups in total. The molecule has 0 spiro atoms. The van der Waals surface area contributed by atoms with E-state index < -0.39 is 4.92 Å². The lowest BCUT2D eigenvalue weighted by atomic mass is 10.2. The number of non-ortho nitro benzene ring substituents is 1. The summed E-state index contributed by atoms with van der Waals surface area (Å²) in [5, 5.41) is 10.1. The molecular weight excluding hydrogens is 166 g/mol. The third kappa shape index (κ3) is 2.55. The molecule has 0 aliphatic heterocycles. The van der Waals surface area contributed by atoms with E-state index in [2.05, 4.69) is 6.92 Å². The first kappa shape index (κ1) is 9.91. The Balaban J connectivity index is 0.000001000. The van der Waals surface area contributed by atoms with Crippen molar-refractivity contribution in [2.45, 2.75) is 0 Å². The zero-order valence-electron chi connectivity index (χ0n) is 5.69. The number of hydrogen-bond acceptors (Lipinski definition) is 2. The Bertz CT molecular complexity index is 245. The lowest BCUT2D eigenvalue weighted by molar-refractivity contribution is -0.384. The van der Waals surface area contributed by atoms with Crippen LogP contribution in [0, 0.1) is 17.0 Å². The largest absolute Gasteiger partial charge is 0.269 e. The number of nitro benzene ring substituents is 1. The van der Waals surface area contributed by atoms with E-state index in [4.69, 9.17) is 0 Å². The molecule has 59 valence electrons. The molecule has 0 unspecified atom stereocenters. The van der Waals surface area contributed by atoms with Crippen molar-refractivity contribution in [1.29, 1.82) is 0 Å². The van der Waals surface area contributed by atoms with Gasteiger partial charge >= 0.3 is 0 Å². The zero-order chi connectivity index (χ0) is 7.56. The highest BCUT2D eigenvalue weighted by atomic mass is 35.5. The molecule has 0 fully saturated rings. The molecule has 1 rings (SSSR count). The number of benzene rings is 1. The van der Waals surface area contributed by atoms with Gasteiger partial charge in [-0.1, -0.05) is 12.1 Å². The molecule has 1 radical (unpaired) electrons. The first-order chi connectivity index (χ1) is 4.70. The molecule has 0 aliphatic carbocycles. The summed E-state index contributed by atoms with van der Waals surface area (Å²) in [6.07, 6.45) is 0. The minimum Gasteiger partial charge on any atom is -0.258 e. The molecule has 4 heteroatoms. The van der Waals surface area contributed by atoms with E-state index in [0.29, 0.717) is 0 Å². The molecule has 0 amide bonds. The summed E-state index contributed by atoms with van der Waals surface area (Å²) in [5.74, 6) is 0. The van der Waals surface area contributed by atoms with Gasteiger partial charge in [-0.3, -0.25) is 10.1 Å². The summed E-state index contributed by atoms with van der Waals surface area (Å²) < 4.78 is 0. The summed E-state index contributed by atoms with van der Waals surface area (Å²) in [6.45, 7) is 3.60. The molecule has 0 aromatic heterocycles. The average Bonchev–Trinajstić information content (AvgIpc) is 1.88. The van der Waals surface area contributed by atoms with Gasteiger partial charge in [0, 0.05) is 12.1 Å². The maximum absolute atomic E-state index is 10.1. The van der Waals surface area contributed by atoms with E-state index in [-0.39, 0.29) is 18.1 Å². The molecule has 1 aromatic carbocycles.